The van der Waals surface area contributed by atoms with Crippen molar-refractivity contribution in [1.29, 1.82) is 0 Å². The van der Waals surface area contributed by atoms with Crippen LogP contribution >= 0.6 is 22.6 Å². The molecule has 18 heavy (non-hydrogen) atoms. The molecule has 3 N–H and O–H groups in total. The quantitative estimate of drug-likeness (QED) is 0.375. The highest BCUT2D eigenvalue weighted by atomic mass is 127. The maximum atomic E-state index is 10.7. The number of nitro groups is 1. The molecule has 0 fully saturated rings. The van der Waals surface area contributed by atoms with Gasteiger partial charge in [0.25, 0.3) is 5.69 Å². The van der Waals surface area contributed by atoms with Gasteiger partial charge in [0.05, 0.1) is 26.9 Å². The molecule has 0 radical (unpaired) electrons. The highest BCUT2D eigenvalue weighted by Gasteiger charge is 2.11. The molecule has 1 heterocycles. The molecule has 2 aromatic rings. The Morgan fingerprint density at radius 1 is 1.56 bits per heavy atom. The average Bonchev–Trinajstić information content (AvgIpc) is 2.74. The highest BCUT2D eigenvalue weighted by molar-refractivity contribution is 14.1. The van der Waals surface area contributed by atoms with Crippen LogP contribution in [0.15, 0.2) is 30.6 Å². The normalized spacial score (nSPS) is 10.3. The van der Waals surface area contributed by atoms with Crippen molar-refractivity contribution < 1.29 is 4.92 Å². The Morgan fingerprint density at radius 3 is 2.89 bits per heavy atom. The first-order valence-electron chi connectivity index (χ1n) is 5.02. The van der Waals surface area contributed by atoms with Crippen LogP contribution in [0.5, 0.6) is 0 Å². The average molecular weight is 359 g/mol. The highest BCUT2D eigenvalue weighted by Crippen LogP contribution is 2.22. The second-order valence-electron chi connectivity index (χ2n) is 3.60. The van der Waals surface area contributed by atoms with Crippen LogP contribution in [0.3, 0.4) is 0 Å². The van der Waals surface area contributed by atoms with Gasteiger partial charge in [0.15, 0.2) is 0 Å². The molecule has 2 rings (SSSR count). The summed E-state index contributed by atoms with van der Waals surface area (Å²) in [6.45, 7) is 0.421. The second kappa shape index (κ2) is 5.31. The van der Waals surface area contributed by atoms with Crippen molar-refractivity contribution in [3.8, 4) is 0 Å². The van der Waals surface area contributed by atoms with Gasteiger partial charge < -0.3 is 5.43 Å². The zero-order valence-corrected chi connectivity index (χ0v) is 11.4. The topological polar surface area (TPSA) is 99.0 Å². The first-order valence-corrected chi connectivity index (χ1v) is 6.10. The number of nitro benzene ring substituents is 1. The summed E-state index contributed by atoms with van der Waals surface area (Å²) in [6, 6.07) is 4.48. The number of hydrogen-bond acceptors (Lipinski definition) is 5. The third-order valence-electron chi connectivity index (χ3n) is 2.39. The first kappa shape index (κ1) is 12.8. The number of benzene rings is 1. The zero-order chi connectivity index (χ0) is 13.1. The van der Waals surface area contributed by atoms with Gasteiger partial charge in [-0.25, -0.2) is 0 Å². The third kappa shape index (κ3) is 2.76. The molecule has 0 bridgehead atoms. The first-order chi connectivity index (χ1) is 8.60. The van der Waals surface area contributed by atoms with E-state index in [9.17, 15) is 10.1 Å². The van der Waals surface area contributed by atoms with Crippen molar-refractivity contribution in [2.24, 2.45) is 5.84 Å². The van der Waals surface area contributed by atoms with Gasteiger partial charge in [-0.15, -0.1) is 0 Å². The van der Waals surface area contributed by atoms with Gasteiger partial charge >= 0.3 is 0 Å². The standard InChI is InChI=1S/C10H10IN5O2/c11-8-4-13-15(6-8)5-7-3-9(16(17)18)1-2-10(7)14-12/h1-4,6,14H,5,12H2. The maximum Gasteiger partial charge on any atom is 0.269 e. The molecule has 0 spiro atoms. The largest absolute Gasteiger partial charge is 0.324 e. The van der Waals surface area contributed by atoms with E-state index < -0.39 is 4.92 Å². The van der Waals surface area contributed by atoms with Crippen LogP contribution in [0, 0.1) is 13.7 Å². The molecule has 1 aromatic carbocycles. The molecule has 0 aliphatic rings. The van der Waals surface area contributed by atoms with E-state index in [1.165, 1.54) is 12.1 Å². The minimum atomic E-state index is -0.434. The number of nitrogens with zero attached hydrogens (tertiary/aromatic N) is 3. The molecular weight excluding hydrogens is 349 g/mol. The van der Waals surface area contributed by atoms with Gasteiger partial charge in [-0.1, -0.05) is 0 Å². The molecule has 1 aromatic heterocycles. The molecule has 0 atom stereocenters. The third-order valence-corrected chi connectivity index (χ3v) is 2.95. The fraction of sp³-hybridized carbons (Fsp3) is 0.100. The summed E-state index contributed by atoms with van der Waals surface area (Å²) in [5, 5.41) is 14.9. The van der Waals surface area contributed by atoms with Crippen molar-refractivity contribution >= 4 is 34.0 Å². The summed E-state index contributed by atoms with van der Waals surface area (Å²) >= 11 is 2.15. The lowest BCUT2D eigenvalue weighted by Gasteiger charge is -2.08. The fourth-order valence-corrected chi connectivity index (χ4v) is 2.01. The van der Waals surface area contributed by atoms with E-state index in [0.717, 1.165) is 3.57 Å². The molecule has 0 saturated heterocycles. The molecular formula is C10H10IN5O2. The van der Waals surface area contributed by atoms with Crippen LogP contribution in [0.25, 0.3) is 0 Å². The van der Waals surface area contributed by atoms with Crippen LogP contribution in [0.2, 0.25) is 0 Å². The number of non-ortho nitro benzene ring substituents is 1. The van der Waals surface area contributed by atoms with Gasteiger partial charge in [-0.2, -0.15) is 5.10 Å². The minimum Gasteiger partial charge on any atom is -0.324 e. The van der Waals surface area contributed by atoms with Gasteiger partial charge in [0.1, 0.15) is 0 Å². The number of nitrogen functional groups attached to an aromatic ring is 1. The number of aromatic nitrogens is 2. The Kier molecular flexibility index (Phi) is 3.77. The molecule has 0 aliphatic heterocycles. The molecule has 0 amide bonds. The van der Waals surface area contributed by atoms with E-state index in [2.05, 4.69) is 33.1 Å². The summed E-state index contributed by atoms with van der Waals surface area (Å²) in [4.78, 5) is 10.3. The molecule has 0 unspecified atom stereocenters. The fourth-order valence-electron chi connectivity index (χ4n) is 1.56. The lowest BCUT2D eigenvalue weighted by molar-refractivity contribution is -0.384. The van der Waals surface area contributed by atoms with Crippen molar-refractivity contribution in [1.82, 2.24) is 9.78 Å². The van der Waals surface area contributed by atoms with Crippen LogP contribution in [0.1, 0.15) is 5.56 Å². The SMILES string of the molecule is NNc1ccc([N+](=O)[O-])cc1Cn1cc(I)cn1. The van der Waals surface area contributed by atoms with E-state index in [4.69, 9.17) is 5.84 Å². The zero-order valence-electron chi connectivity index (χ0n) is 9.21. The van der Waals surface area contributed by atoms with E-state index in [0.29, 0.717) is 17.8 Å². The number of halogens is 1. The lowest BCUT2D eigenvalue weighted by Crippen LogP contribution is -2.11. The van der Waals surface area contributed by atoms with E-state index in [1.807, 2.05) is 6.20 Å². The Balaban J connectivity index is 2.35. The van der Waals surface area contributed by atoms with Crippen LogP contribution in [-0.2, 0) is 6.54 Å². The van der Waals surface area contributed by atoms with Gasteiger partial charge in [0, 0.05) is 23.9 Å². The molecule has 0 aliphatic carbocycles. The maximum absolute atomic E-state index is 10.7. The summed E-state index contributed by atoms with van der Waals surface area (Å²) < 4.78 is 2.70. The smallest absolute Gasteiger partial charge is 0.269 e. The van der Waals surface area contributed by atoms with E-state index >= 15 is 0 Å². The minimum absolute atomic E-state index is 0.0332. The van der Waals surface area contributed by atoms with Gasteiger partial charge in [0.2, 0.25) is 0 Å². The van der Waals surface area contributed by atoms with Crippen LogP contribution in [-0.4, -0.2) is 14.7 Å². The Morgan fingerprint density at radius 2 is 2.33 bits per heavy atom. The van der Waals surface area contributed by atoms with E-state index in [-0.39, 0.29) is 5.69 Å². The number of nitrogens with two attached hydrogens (primary N) is 1. The molecule has 8 heteroatoms. The Labute approximate surface area is 116 Å². The van der Waals surface area contributed by atoms with Crippen molar-refractivity contribution in [2.45, 2.75) is 6.54 Å². The number of nitrogens with one attached hydrogen (secondary N) is 1. The number of rotatable bonds is 4. The van der Waals surface area contributed by atoms with Crippen molar-refractivity contribution in [2.75, 3.05) is 5.43 Å². The summed E-state index contributed by atoms with van der Waals surface area (Å²) in [5.74, 6) is 5.38. The van der Waals surface area contributed by atoms with Gasteiger partial charge in [-0.3, -0.25) is 20.6 Å². The van der Waals surface area contributed by atoms with Gasteiger partial charge in [-0.05, 0) is 28.7 Å². The molecule has 0 saturated carbocycles. The second-order valence-corrected chi connectivity index (χ2v) is 4.84. The lowest BCUT2D eigenvalue weighted by atomic mass is 10.1. The van der Waals surface area contributed by atoms with E-state index in [1.54, 1.807) is 16.9 Å². The Hall–Kier alpha value is -1.68. The summed E-state index contributed by atoms with van der Waals surface area (Å²) in [5.41, 5.74) is 3.91. The predicted octanol–water partition coefficient (Wildman–Crippen LogP) is 1.73. The number of hydrogen-bond donors (Lipinski definition) is 2. The summed E-state index contributed by atoms with van der Waals surface area (Å²) in [7, 11) is 0. The van der Waals surface area contributed by atoms with Crippen LogP contribution < -0.4 is 11.3 Å². The predicted molar refractivity (Wildman–Crippen MR) is 75.0 cm³/mol. The van der Waals surface area contributed by atoms with Crippen molar-refractivity contribution in [3.63, 3.8) is 0 Å². The van der Waals surface area contributed by atoms with Crippen molar-refractivity contribution in [3.05, 3.63) is 49.8 Å². The monoisotopic (exact) mass is 359 g/mol. The summed E-state index contributed by atoms with van der Waals surface area (Å²) in [6.07, 6.45) is 3.56. The Bertz CT molecular complexity index is 583. The number of hydrazine groups is 1. The molecule has 7 nitrogen and oxygen atoms in total. The number of anilines is 1. The van der Waals surface area contributed by atoms with Crippen LogP contribution in [0.4, 0.5) is 11.4 Å². The molecule has 94 valence electrons.